The molecule has 3 rings (SSSR count). The second-order valence-electron chi connectivity index (χ2n) is 5.45. The summed E-state index contributed by atoms with van der Waals surface area (Å²) in [5.41, 5.74) is 0.901. The molecule has 0 bridgehead atoms. The minimum atomic E-state index is -0.0574. The molecule has 0 saturated carbocycles. The number of pyridine rings is 1. The van der Waals surface area contributed by atoms with E-state index in [1.54, 1.807) is 30.7 Å². The predicted octanol–water partition coefficient (Wildman–Crippen LogP) is 2.78. The third-order valence-corrected chi connectivity index (χ3v) is 3.45. The number of ether oxygens (including phenoxy) is 1. The molecular weight excluding hydrogens is 330 g/mol. The Kier molecular flexibility index (Phi) is 6.09. The molecule has 1 aromatic carbocycles. The number of nitrogens with one attached hydrogen (secondary N) is 2. The molecule has 7 nitrogen and oxygen atoms in total. The summed E-state index contributed by atoms with van der Waals surface area (Å²) in [5.74, 6) is 1.70. The van der Waals surface area contributed by atoms with Gasteiger partial charge in [-0.15, -0.1) is 0 Å². The summed E-state index contributed by atoms with van der Waals surface area (Å²) in [6.07, 6.45) is 5.32. The third kappa shape index (κ3) is 5.55. The van der Waals surface area contributed by atoms with E-state index in [9.17, 15) is 4.79 Å². The second-order valence-corrected chi connectivity index (χ2v) is 5.45. The number of anilines is 1. The van der Waals surface area contributed by atoms with Crippen molar-refractivity contribution in [3.8, 4) is 11.6 Å². The Hall–Kier alpha value is -3.48. The number of amides is 1. The Morgan fingerprint density at radius 3 is 2.50 bits per heavy atom. The molecule has 0 spiro atoms. The first-order chi connectivity index (χ1) is 12.8. The average Bonchev–Trinajstić information content (AvgIpc) is 2.69. The summed E-state index contributed by atoms with van der Waals surface area (Å²) in [4.78, 5) is 24.2. The van der Waals surface area contributed by atoms with Crippen LogP contribution in [0.1, 0.15) is 12.0 Å². The maximum atomic E-state index is 11.9. The second kappa shape index (κ2) is 9.12. The third-order valence-electron chi connectivity index (χ3n) is 3.45. The number of nitrogens with zero attached hydrogens (tertiary/aromatic N) is 3. The van der Waals surface area contributed by atoms with Gasteiger partial charge in [-0.05, 0) is 23.8 Å². The van der Waals surface area contributed by atoms with Crippen molar-refractivity contribution in [1.82, 2.24) is 20.3 Å². The van der Waals surface area contributed by atoms with Gasteiger partial charge in [-0.1, -0.05) is 24.3 Å². The normalized spacial score (nSPS) is 10.2. The molecule has 0 atom stereocenters. The Morgan fingerprint density at radius 1 is 0.962 bits per heavy atom. The van der Waals surface area contributed by atoms with E-state index in [4.69, 9.17) is 4.74 Å². The van der Waals surface area contributed by atoms with Crippen molar-refractivity contribution in [1.29, 1.82) is 0 Å². The highest BCUT2D eigenvalue weighted by atomic mass is 16.5. The van der Waals surface area contributed by atoms with Crippen LogP contribution < -0.4 is 15.4 Å². The van der Waals surface area contributed by atoms with Crippen LogP contribution in [0.5, 0.6) is 11.6 Å². The molecule has 2 aromatic heterocycles. The van der Waals surface area contributed by atoms with E-state index >= 15 is 0 Å². The van der Waals surface area contributed by atoms with Crippen LogP contribution in [0.4, 0.5) is 5.95 Å². The molecule has 0 fully saturated rings. The lowest BCUT2D eigenvalue weighted by Gasteiger charge is -2.08. The fourth-order valence-corrected chi connectivity index (χ4v) is 2.15. The lowest BCUT2D eigenvalue weighted by Crippen LogP contribution is -2.25. The lowest BCUT2D eigenvalue weighted by molar-refractivity contribution is -0.121. The average molecular weight is 349 g/mol. The van der Waals surface area contributed by atoms with Gasteiger partial charge >= 0.3 is 0 Å². The molecule has 0 saturated heterocycles. The summed E-state index contributed by atoms with van der Waals surface area (Å²) < 4.78 is 5.64. The van der Waals surface area contributed by atoms with Crippen LogP contribution in [-0.4, -0.2) is 27.4 Å². The molecule has 132 valence electrons. The molecule has 1 amide bonds. The Bertz CT molecular complexity index is 810. The molecule has 0 aliphatic carbocycles. The Balaban J connectivity index is 1.39. The topological polar surface area (TPSA) is 89.0 Å². The number of benzene rings is 1. The molecule has 2 heterocycles. The van der Waals surface area contributed by atoms with Gasteiger partial charge in [0.05, 0.1) is 0 Å². The van der Waals surface area contributed by atoms with Crippen molar-refractivity contribution in [3.63, 3.8) is 0 Å². The zero-order valence-corrected chi connectivity index (χ0v) is 14.1. The number of aromatic nitrogens is 3. The molecule has 0 aliphatic rings. The van der Waals surface area contributed by atoms with Gasteiger partial charge in [-0.25, -0.2) is 15.0 Å². The maximum absolute atomic E-state index is 11.9. The molecule has 7 heteroatoms. The van der Waals surface area contributed by atoms with Crippen molar-refractivity contribution in [2.75, 3.05) is 11.9 Å². The molecule has 0 radical (unpaired) electrons. The zero-order chi connectivity index (χ0) is 18.0. The van der Waals surface area contributed by atoms with E-state index in [1.165, 1.54) is 0 Å². The van der Waals surface area contributed by atoms with Crippen molar-refractivity contribution in [2.45, 2.75) is 13.0 Å². The molecule has 3 aromatic rings. The van der Waals surface area contributed by atoms with Crippen molar-refractivity contribution < 1.29 is 9.53 Å². The van der Waals surface area contributed by atoms with Gasteiger partial charge in [0.2, 0.25) is 17.7 Å². The fourth-order valence-electron chi connectivity index (χ4n) is 2.15. The molecule has 26 heavy (non-hydrogen) atoms. The molecule has 2 N–H and O–H groups in total. The van der Waals surface area contributed by atoms with E-state index in [2.05, 4.69) is 25.6 Å². The first-order valence-electron chi connectivity index (χ1n) is 8.25. The quantitative estimate of drug-likeness (QED) is 0.650. The van der Waals surface area contributed by atoms with E-state index in [0.717, 1.165) is 11.3 Å². The highest BCUT2D eigenvalue weighted by Crippen LogP contribution is 2.18. The minimum Gasteiger partial charge on any atom is -0.439 e. The summed E-state index contributed by atoms with van der Waals surface area (Å²) in [5, 5.41) is 5.85. The van der Waals surface area contributed by atoms with Gasteiger partial charge in [0.15, 0.2) is 0 Å². The van der Waals surface area contributed by atoms with Crippen molar-refractivity contribution in [2.24, 2.45) is 0 Å². The largest absolute Gasteiger partial charge is 0.439 e. The minimum absolute atomic E-state index is 0.0574. The van der Waals surface area contributed by atoms with Crippen LogP contribution in [0.15, 0.2) is 67.1 Å². The van der Waals surface area contributed by atoms with E-state index in [-0.39, 0.29) is 5.91 Å². The Labute approximate surface area is 151 Å². The number of para-hydroxylation sites is 1. The van der Waals surface area contributed by atoms with Gasteiger partial charge in [-0.2, -0.15) is 0 Å². The van der Waals surface area contributed by atoms with Crippen LogP contribution in [0.3, 0.4) is 0 Å². The predicted molar refractivity (Wildman–Crippen MR) is 97.7 cm³/mol. The van der Waals surface area contributed by atoms with Gasteiger partial charge < -0.3 is 15.4 Å². The molecule has 0 unspecified atom stereocenters. The molecule has 0 aliphatic heterocycles. The number of rotatable bonds is 8. The standard InChI is InChI=1S/C19H19N5O2/c25-17(9-12-22-19-20-10-4-11-21-19)23-13-15-7-8-18(24-14-15)26-16-5-2-1-3-6-16/h1-8,10-11,14H,9,12-13H2,(H,23,25)(H,20,21,22). The highest BCUT2D eigenvalue weighted by molar-refractivity contribution is 5.76. The SMILES string of the molecule is O=C(CCNc1ncccn1)NCc1ccc(Oc2ccccc2)nc1. The number of hydrogen-bond donors (Lipinski definition) is 2. The number of hydrogen-bond acceptors (Lipinski definition) is 6. The lowest BCUT2D eigenvalue weighted by atomic mass is 10.2. The van der Waals surface area contributed by atoms with Crippen molar-refractivity contribution in [3.05, 3.63) is 72.7 Å². The number of carbonyl (C=O) groups is 1. The van der Waals surface area contributed by atoms with Gasteiger partial charge in [-0.3, -0.25) is 4.79 Å². The number of carbonyl (C=O) groups excluding carboxylic acids is 1. The van der Waals surface area contributed by atoms with E-state index in [1.807, 2.05) is 36.4 Å². The summed E-state index contributed by atoms with van der Waals surface area (Å²) in [6, 6.07) is 14.9. The first-order valence-corrected chi connectivity index (χ1v) is 8.25. The van der Waals surface area contributed by atoms with Crippen LogP contribution >= 0.6 is 0 Å². The molecular formula is C19H19N5O2. The van der Waals surface area contributed by atoms with Gasteiger partial charge in [0.25, 0.3) is 0 Å². The van der Waals surface area contributed by atoms with E-state index < -0.39 is 0 Å². The van der Waals surface area contributed by atoms with E-state index in [0.29, 0.717) is 31.3 Å². The zero-order valence-electron chi connectivity index (χ0n) is 14.1. The summed E-state index contributed by atoms with van der Waals surface area (Å²) in [7, 11) is 0. The monoisotopic (exact) mass is 349 g/mol. The van der Waals surface area contributed by atoms with Crippen LogP contribution in [-0.2, 0) is 11.3 Å². The smallest absolute Gasteiger partial charge is 0.222 e. The first kappa shape index (κ1) is 17.3. The van der Waals surface area contributed by atoms with Gasteiger partial charge in [0.1, 0.15) is 5.75 Å². The van der Waals surface area contributed by atoms with Crippen LogP contribution in [0.2, 0.25) is 0 Å². The fraction of sp³-hybridized carbons (Fsp3) is 0.158. The summed E-state index contributed by atoms with van der Waals surface area (Å²) >= 11 is 0. The van der Waals surface area contributed by atoms with Gasteiger partial charge in [0, 0.05) is 44.2 Å². The Morgan fingerprint density at radius 2 is 1.77 bits per heavy atom. The van der Waals surface area contributed by atoms with Crippen LogP contribution in [0.25, 0.3) is 0 Å². The van der Waals surface area contributed by atoms with Crippen LogP contribution in [0, 0.1) is 0 Å². The van der Waals surface area contributed by atoms with Crippen molar-refractivity contribution >= 4 is 11.9 Å². The highest BCUT2D eigenvalue weighted by Gasteiger charge is 2.03. The summed E-state index contributed by atoms with van der Waals surface area (Å²) in [6.45, 7) is 0.886. The maximum Gasteiger partial charge on any atom is 0.222 e.